The van der Waals surface area contributed by atoms with E-state index in [1.165, 1.54) is 17.4 Å². The maximum Gasteiger partial charge on any atom is 0.261 e. The number of thiophene rings is 1. The molecule has 24 heavy (non-hydrogen) atoms. The molecule has 1 aromatic heterocycles. The van der Waals surface area contributed by atoms with Crippen LogP contribution in [0, 0.1) is 25.5 Å². The molecule has 2 aromatic rings. The Labute approximate surface area is 144 Å². The predicted molar refractivity (Wildman–Crippen MR) is 91.6 cm³/mol. The van der Waals surface area contributed by atoms with Crippen LogP contribution in [0.15, 0.2) is 24.3 Å². The maximum absolute atomic E-state index is 13.6. The third-order valence-corrected chi connectivity index (χ3v) is 5.71. The van der Waals surface area contributed by atoms with Crippen LogP contribution in [0.1, 0.15) is 38.0 Å². The van der Waals surface area contributed by atoms with Crippen LogP contribution in [0.25, 0.3) is 0 Å². The van der Waals surface area contributed by atoms with E-state index in [9.17, 15) is 13.6 Å². The van der Waals surface area contributed by atoms with Crippen LogP contribution in [-0.4, -0.2) is 25.0 Å². The van der Waals surface area contributed by atoms with E-state index in [1.807, 2.05) is 19.9 Å². The lowest BCUT2D eigenvalue weighted by Crippen LogP contribution is -2.49. The Bertz CT molecular complexity index is 740. The summed E-state index contributed by atoms with van der Waals surface area (Å²) in [5, 5.41) is 6.31. The van der Waals surface area contributed by atoms with Crippen molar-refractivity contribution in [1.82, 2.24) is 10.6 Å². The monoisotopic (exact) mass is 350 g/mol. The number of halogens is 2. The predicted octanol–water partition coefficient (Wildman–Crippen LogP) is 3.52. The summed E-state index contributed by atoms with van der Waals surface area (Å²) < 4.78 is 26.7. The van der Waals surface area contributed by atoms with Crippen molar-refractivity contribution >= 4 is 17.2 Å². The molecule has 0 aliphatic carbocycles. The molecule has 1 amide bonds. The van der Waals surface area contributed by atoms with E-state index in [4.69, 9.17) is 0 Å². The highest BCUT2D eigenvalue weighted by Crippen LogP contribution is 2.28. The molecule has 128 valence electrons. The summed E-state index contributed by atoms with van der Waals surface area (Å²) in [6.45, 7) is 5.36. The number of carbonyl (C=O) groups is 1. The summed E-state index contributed by atoms with van der Waals surface area (Å²) in [6.07, 6.45) is 0.762. The lowest BCUT2D eigenvalue weighted by atomic mass is 9.86. The lowest BCUT2D eigenvalue weighted by molar-refractivity contribution is 0.0928. The Kier molecular flexibility index (Phi) is 4.96. The number of carbonyl (C=O) groups excluding carboxylic acids is 1. The van der Waals surface area contributed by atoms with Crippen molar-refractivity contribution in [3.63, 3.8) is 0 Å². The topological polar surface area (TPSA) is 41.1 Å². The minimum atomic E-state index is -0.849. The molecule has 1 aliphatic rings. The summed E-state index contributed by atoms with van der Waals surface area (Å²) in [6, 6.07) is 5.73. The lowest BCUT2D eigenvalue weighted by Gasteiger charge is -2.33. The van der Waals surface area contributed by atoms with Crippen LogP contribution >= 0.6 is 11.3 Å². The first-order chi connectivity index (χ1) is 11.5. The smallest absolute Gasteiger partial charge is 0.261 e. The van der Waals surface area contributed by atoms with Gasteiger partial charge in [-0.15, -0.1) is 11.3 Å². The van der Waals surface area contributed by atoms with Gasteiger partial charge in [0.2, 0.25) is 0 Å². The van der Waals surface area contributed by atoms with Crippen molar-refractivity contribution in [3.05, 3.63) is 56.8 Å². The Morgan fingerprint density at radius 2 is 2.04 bits per heavy atom. The number of hydrogen-bond acceptors (Lipinski definition) is 3. The Hall–Kier alpha value is -1.79. The maximum atomic E-state index is 13.6. The average Bonchev–Trinajstić information content (AvgIpc) is 2.90. The Balaban J connectivity index is 1.79. The highest BCUT2D eigenvalue weighted by molar-refractivity contribution is 7.14. The van der Waals surface area contributed by atoms with Gasteiger partial charge in [-0.25, -0.2) is 8.78 Å². The van der Waals surface area contributed by atoms with Gasteiger partial charge in [0.15, 0.2) is 11.6 Å². The number of aryl methyl sites for hydroxylation is 2. The van der Waals surface area contributed by atoms with E-state index < -0.39 is 11.6 Å². The number of nitrogens with one attached hydrogen (secondary N) is 2. The van der Waals surface area contributed by atoms with Crippen molar-refractivity contribution < 1.29 is 13.6 Å². The molecule has 3 rings (SSSR count). The van der Waals surface area contributed by atoms with Gasteiger partial charge in [-0.05, 0) is 56.1 Å². The van der Waals surface area contributed by atoms with Crippen LogP contribution < -0.4 is 10.6 Å². The number of piperidine rings is 1. The third kappa shape index (κ3) is 3.49. The van der Waals surface area contributed by atoms with Crippen molar-refractivity contribution in [3.8, 4) is 0 Å². The summed E-state index contributed by atoms with van der Waals surface area (Å²) >= 11 is 1.47. The molecule has 0 radical (unpaired) electrons. The molecular formula is C18H20F2N2OS. The molecule has 1 saturated heterocycles. The van der Waals surface area contributed by atoms with E-state index in [2.05, 4.69) is 10.6 Å². The molecule has 6 heteroatoms. The van der Waals surface area contributed by atoms with Gasteiger partial charge in [0.05, 0.1) is 4.88 Å². The molecule has 2 atom stereocenters. The first kappa shape index (κ1) is 17.0. The molecule has 0 spiro atoms. The molecule has 2 N–H and O–H groups in total. The SMILES string of the molecule is Cc1cc(C(=O)NC2CNCCC2c2ccc(F)c(F)c2)sc1C. The van der Waals surface area contributed by atoms with Crippen LogP contribution in [0.2, 0.25) is 0 Å². The highest BCUT2D eigenvalue weighted by atomic mass is 32.1. The van der Waals surface area contributed by atoms with Crippen molar-refractivity contribution in [2.24, 2.45) is 0 Å². The standard InChI is InChI=1S/C18H20F2N2OS/c1-10-7-17(24-11(10)2)18(23)22-16-9-21-6-5-13(16)12-3-4-14(19)15(20)8-12/h3-4,7-8,13,16,21H,5-6,9H2,1-2H3,(H,22,23). The summed E-state index contributed by atoms with van der Waals surface area (Å²) in [5.74, 6) is -1.84. The minimum Gasteiger partial charge on any atom is -0.347 e. The molecular weight excluding hydrogens is 330 g/mol. The fraction of sp³-hybridized carbons (Fsp3) is 0.389. The fourth-order valence-corrected chi connectivity index (χ4v) is 4.01. The minimum absolute atomic E-state index is 0.0348. The quantitative estimate of drug-likeness (QED) is 0.889. The largest absolute Gasteiger partial charge is 0.347 e. The summed E-state index contributed by atoms with van der Waals surface area (Å²) in [4.78, 5) is 14.3. The fourth-order valence-electron chi connectivity index (χ4n) is 3.08. The van der Waals surface area contributed by atoms with E-state index in [0.717, 1.165) is 35.0 Å². The van der Waals surface area contributed by atoms with Crippen LogP contribution in [-0.2, 0) is 0 Å². The number of amides is 1. The van der Waals surface area contributed by atoms with E-state index in [1.54, 1.807) is 6.07 Å². The number of hydrogen-bond donors (Lipinski definition) is 2. The Morgan fingerprint density at radius 3 is 2.71 bits per heavy atom. The zero-order valence-electron chi connectivity index (χ0n) is 13.7. The van der Waals surface area contributed by atoms with Crippen LogP contribution in [0.4, 0.5) is 8.78 Å². The number of benzene rings is 1. The summed E-state index contributed by atoms with van der Waals surface area (Å²) in [5.41, 5.74) is 1.82. The highest BCUT2D eigenvalue weighted by Gasteiger charge is 2.29. The second-order valence-corrected chi connectivity index (χ2v) is 7.46. The van der Waals surface area contributed by atoms with E-state index in [0.29, 0.717) is 11.4 Å². The van der Waals surface area contributed by atoms with E-state index >= 15 is 0 Å². The second-order valence-electron chi connectivity index (χ2n) is 6.20. The zero-order chi connectivity index (χ0) is 17.3. The first-order valence-electron chi connectivity index (χ1n) is 7.99. The average molecular weight is 350 g/mol. The van der Waals surface area contributed by atoms with Gasteiger partial charge in [0.1, 0.15) is 0 Å². The molecule has 1 aromatic carbocycles. The van der Waals surface area contributed by atoms with Crippen LogP contribution in [0.5, 0.6) is 0 Å². The third-order valence-electron chi connectivity index (χ3n) is 4.56. The van der Waals surface area contributed by atoms with E-state index in [-0.39, 0.29) is 17.9 Å². The van der Waals surface area contributed by atoms with Gasteiger partial charge in [0, 0.05) is 23.4 Å². The first-order valence-corrected chi connectivity index (χ1v) is 8.81. The Morgan fingerprint density at radius 1 is 1.25 bits per heavy atom. The summed E-state index contributed by atoms with van der Waals surface area (Å²) in [7, 11) is 0. The molecule has 3 nitrogen and oxygen atoms in total. The molecule has 0 saturated carbocycles. The van der Waals surface area contributed by atoms with Crippen LogP contribution in [0.3, 0.4) is 0 Å². The normalized spacial score (nSPS) is 20.8. The van der Waals surface area contributed by atoms with Gasteiger partial charge >= 0.3 is 0 Å². The van der Waals surface area contributed by atoms with Crippen molar-refractivity contribution in [2.75, 3.05) is 13.1 Å². The molecule has 1 fully saturated rings. The molecule has 2 unspecified atom stereocenters. The second kappa shape index (κ2) is 6.99. The molecule has 0 bridgehead atoms. The zero-order valence-corrected chi connectivity index (χ0v) is 14.5. The van der Waals surface area contributed by atoms with Crippen molar-refractivity contribution in [2.45, 2.75) is 32.2 Å². The number of rotatable bonds is 3. The van der Waals surface area contributed by atoms with Crippen molar-refractivity contribution in [1.29, 1.82) is 0 Å². The molecule has 2 heterocycles. The molecule has 1 aliphatic heterocycles. The van der Waals surface area contributed by atoms with Gasteiger partial charge in [-0.2, -0.15) is 0 Å². The van der Waals surface area contributed by atoms with Gasteiger partial charge in [-0.3, -0.25) is 4.79 Å². The van der Waals surface area contributed by atoms with Gasteiger partial charge in [0.25, 0.3) is 5.91 Å². The van der Waals surface area contributed by atoms with Gasteiger partial charge < -0.3 is 10.6 Å². The van der Waals surface area contributed by atoms with Gasteiger partial charge in [-0.1, -0.05) is 6.07 Å².